The Morgan fingerprint density at radius 3 is 2.67 bits per heavy atom. The van der Waals surface area contributed by atoms with Gasteiger partial charge in [-0.3, -0.25) is 0 Å². The van der Waals surface area contributed by atoms with E-state index in [1.54, 1.807) is 7.11 Å². The summed E-state index contributed by atoms with van der Waals surface area (Å²) in [5.74, 6) is 1.50. The molecule has 1 aromatic rings. The standard InChI is InChI=1S/C19H30N2O3/c1-13(12-20-18(22)24-19(2,3)4)21-16-9-15(10-16)14-7-6-8-17(11-14)23-5/h6-8,11,13,15-16,21H,9-10,12H2,1-5H3,(H,20,22). The van der Waals surface area contributed by atoms with E-state index >= 15 is 0 Å². The van der Waals surface area contributed by atoms with E-state index in [2.05, 4.69) is 29.7 Å². The topological polar surface area (TPSA) is 59.6 Å². The minimum absolute atomic E-state index is 0.216. The Morgan fingerprint density at radius 1 is 1.33 bits per heavy atom. The van der Waals surface area contributed by atoms with Crippen LogP contribution in [0.3, 0.4) is 0 Å². The maximum atomic E-state index is 11.7. The zero-order valence-electron chi connectivity index (χ0n) is 15.4. The van der Waals surface area contributed by atoms with Crippen molar-refractivity contribution in [2.45, 2.75) is 64.1 Å². The van der Waals surface area contributed by atoms with Crippen LogP contribution in [-0.4, -0.2) is 37.4 Å². The normalized spacial score (nSPS) is 21.5. The van der Waals surface area contributed by atoms with E-state index in [0.29, 0.717) is 18.5 Å². The lowest BCUT2D eigenvalue weighted by atomic mass is 9.75. The van der Waals surface area contributed by atoms with Gasteiger partial charge in [0.05, 0.1) is 7.11 Å². The van der Waals surface area contributed by atoms with E-state index in [1.807, 2.05) is 32.9 Å². The quantitative estimate of drug-likeness (QED) is 0.836. The molecule has 1 fully saturated rings. The first-order valence-corrected chi connectivity index (χ1v) is 8.63. The molecule has 0 saturated heterocycles. The summed E-state index contributed by atoms with van der Waals surface area (Å²) in [6.07, 6.45) is 1.87. The molecule has 1 aromatic carbocycles. The summed E-state index contributed by atoms with van der Waals surface area (Å²) < 4.78 is 10.5. The molecule has 1 atom stereocenters. The molecule has 0 aromatic heterocycles. The fourth-order valence-corrected chi connectivity index (χ4v) is 2.93. The monoisotopic (exact) mass is 334 g/mol. The van der Waals surface area contributed by atoms with Gasteiger partial charge in [0.1, 0.15) is 11.4 Å². The number of ether oxygens (including phenoxy) is 2. The second kappa shape index (κ2) is 7.88. The van der Waals surface area contributed by atoms with Crippen LogP contribution in [0.4, 0.5) is 4.79 Å². The predicted molar refractivity (Wildman–Crippen MR) is 95.6 cm³/mol. The first kappa shape index (κ1) is 18.6. The summed E-state index contributed by atoms with van der Waals surface area (Å²) in [6, 6.07) is 9.01. The van der Waals surface area contributed by atoms with E-state index in [-0.39, 0.29) is 12.1 Å². The van der Waals surface area contributed by atoms with E-state index in [0.717, 1.165) is 18.6 Å². The predicted octanol–water partition coefficient (Wildman–Crippen LogP) is 3.44. The smallest absolute Gasteiger partial charge is 0.407 e. The molecule has 24 heavy (non-hydrogen) atoms. The van der Waals surface area contributed by atoms with Gasteiger partial charge in [0.2, 0.25) is 0 Å². The molecule has 1 aliphatic rings. The van der Waals surface area contributed by atoms with Crippen molar-refractivity contribution in [3.8, 4) is 5.75 Å². The lowest BCUT2D eigenvalue weighted by molar-refractivity contribution is 0.0521. The van der Waals surface area contributed by atoms with Crippen LogP contribution in [0, 0.1) is 0 Å². The third-order valence-corrected chi connectivity index (χ3v) is 4.17. The van der Waals surface area contributed by atoms with Crippen molar-refractivity contribution < 1.29 is 14.3 Å². The molecule has 1 amide bonds. The Hall–Kier alpha value is -1.75. The molecule has 5 nitrogen and oxygen atoms in total. The van der Waals surface area contributed by atoms with E-state index in [4.69, 9.17) is 9.47 Å². The number of nitrogens with one attached hydrogen (secondary N) is 2. The van der Waals surface area contributed by atoms with Crippen molar-refractivity contribution in [1.29, 1.82) is 0 Å². The number of amides is 1. The number of rotatable bonds is 6. The second-order valence-corrected chi connectivity index (χ2v) is 7.59. The van der Waals surface area contributed by atoms with Gasteiger partial charge >= 0.3 is 6.09 Å². The highest BCUT2D eigenvalue weighted by molar-refractivity contribution is 5.67. The summed E-state index contributed by atoms with van der Waals surface area (Å²) in [6.45, 7) is 8.23. The number of methoxy groups -OCH3 is 1. The molecule has 1 aliphatic carbocycles. The zero-order chi connectivity index (χ0) is 17.7. The average Bonchev–Trinajstić information content (AvgIpc) is 2.46. The number of carbonyl (C=O) groups excluding carboxylic acids is 1. The van der Waals surface area contributed by atoms with Crippen LogP contribution >= 0.6 is 0 Å². The molecule has 0 heterocycles. The molecular weight excluding hydrogens is 304 g/mol. The van der Waals surface area contributed by atoms with Crippen molar-refractivity contribution in [2.75, 3.05) is 13.7 Å². The van der Waals surface area contributed by atoms with Gasteiger partial charge in [0.15, 0.2) is 0 Å². The van der Waals surface area contributed by atoms with E-state index in [1.165, 1.54) is 5.56 Å². The lowest BCUT2D eigenvalue weighted by Gasteiger charge is -2.38. The van der Waals surface area contributed by atoms with Crippen molar-refractivity contribution in [1.82, 2.24) is 10.6 Å². The molecule has 0 radical (unpaired) electrons. The maximum absolute atomic E-state index is 11.7. The largest absolute Gasteiger partial charge is 0.497 e. The van der Waals surface area contributed by atoms with Crippen LogP contribution in [0.2, 0.25) is 0 Å². The van der Waals surface area contributed by atoms with Crippen LogP contribution in [0.5, 0.6) is 5.75 Å². The number of carbonyl (C=O) groups is 1. The minimum Gasteiger partial charge on any atom is -0.497 e. The number of alkyl carbamates (subject to hydrolysis) is 1. The summed E-state index contributed by atoms with van der Waals surface area (Å²) in [7, 11) is 1.70. The zero-order valence-corrected chi connectivity index (χ0v) is 15.4. The Labute approximate surface area is 145 Å². The molecule has 134 valence electrons. The number of benzene rings is 1. The van der Waals surface area contributed by atoms with Crippen molar-refractivity contribution in [2.24, 2.45) is 0 Å². The average molecular weight is 334 g/mol. The van der Waals surface area contributed by atoms with Gasteiger partial charge in [0, 0.05) is 18.6 Å². The molecule has 0 aliphatic heterocycles. The molecule has 0 spiro atoms. The van der Waals surface area contributed by atoms with Gasteiger partial charge in [-0.05, 0) is 64.2 Å². The SMILES string of the molecule is COc1cccc(C2CC(NC(C)CNC(=O)OC(C)(C)C)C2)c1. The van der Waals surface area contributed by atoms with Gasteiger partial charge in [-0.1, -0.05) is 12.1 Å². The Morgan fingerprint density at radius 2 is 2.04 bits per heavy atom. The van der Waals surface area contributed by atoms with Crippen LogP contribution in [0.1, 0.15) is 52.0 Å². The molecule has 5 heteroatoms. The van der Waals surface area contributed by atoms with Crippen LogP contribution in [0.15, 0.2) is 24.3 Å². The van der Waals surface area contributed by atoms with Crippen molar-refractivity contribution >= 4 is 6.09 Å². The highest BCUT2D eigenvalue weighted by Crippen LogP contribution is 2.38. The van der Waals surface area contributed by atoms with Crippen LogP contribution < -0.4 is 15.4 Å². The van der Waals surface area contributed by atoms with Gasteiger partial charge in [-0.2, -0.15) is 0 Å². The summed E-state index contributed by atoms with van der Waals surface area (Å²) in [5.41, 5.74) is 0.880. The molecule has 1 unspecified atom stereocenters. The molecular formula is C19H30N2O3. The Balaban J connectivity index is 1.68. The summed E-state index contributed by atoms with van der Waals surface area (Å²) in [4.78, 5) is 11.7. The van der Waals surface area contributed by atoms with Crippen LogP contribution in [0.25, 0.3) is 0 Å². The molecule has 1 saturated carbocycles. The molecule has 2 rings (SSSR count). The highest BCUT2D eigenvalue weighted by Gasteiger charge is 2.31. The number of hydrogen-bond donors (Lipinski definition) is 2. The maximum Gasteiger partial charge on any atom is 0.407 e. The van der Waals surface area contributed by atoms with Gasteiger partial charge in [0.25, 0.3) is 0 Å². The van der Waals surface area contributed by atoms with Gasteiger partial charge in [-0.25, -0.2) is 4.79 Å². The van der Waals surface area contributed by atoms with E-state index < -0.39 is 5.60 Å². The first-order chi connectivity index (χ1) is 11.3. The van der Waals surface area contributed by atoms with Gasteiger partial charge < -0.3 is 20.1 Å². The number of hydrogen-bond acceptors (Lipinski definition) is 4. The lowest BCUT2D eigenvalue weighted by Crippen LogP contribution is -2.49. The van der Waals surface area contributed by atoms with E-state index in [9.17, 15) is 4.79 Å². The Kier molecular flexibility index (Phi) is 6.10. The fourth-order valence-electron chi connectivity index (χ4n) is 2.93. The third kappa shape index (κ3) is 5.71. The molecule has 2 N–H and O–H groups in total. The minimum atomic E-state index is -0.460. The van der Waals surface area contributed by atoms with Crippen molar-refractivity contribution in [3.05, 3.63) is 29.8 Å². The van der Waals surface area contributed by atoms with Gasteiger partial charge in [-0.15, -0.1) is 0 Å². The molecule has 0 bridgehead atoms. The second-order valence-electron chi connectivity index (χ2n) is 7.59. The van der Waals surface area contributed by atoms with Crippen molar-refractivity contribution in [3.63, 3.8) is 0 Å². The highest BCUT2D eigenvalue weighted by atomic mass is 16.6. The Bertz CT molecular complexity index is 548. The fraction of sp³-hybridized carbons (Fsp3) is 0.632. The third-order valence-electron chi connectivity index (χ3n) is 4.17. The summed E-state index contributed by atoms with van der Waals surface area (Å²) >= 11 is 0. The first-order valence-electron chi connectivity index (χ1n) is 8.63. The summed E-state index contributed by atoms with van der Waals surface area (Å²) in [5, 5.41) is 6.37. The van der Waals surface area contributed by atoms with Crippen LogP contribution in [-0.2, 0) is 4.74 Å².